The molecule has 1 saturated heterocycles. The second-order valence-corrected chi connectivity index (χ2v) is 14.2. The number of nitrogens with one attached hydrogen (secondary N) is 1. The molecule has 0 spiro atoms. The zero-order valence-corrected chi connectivity index (χ0v) is 31.8. The van der Waals surface area contributed by atoms with E-state index in [0.29, 0.717) is 17.2 Å². The van der Waals surface area contributed by atoms with E-state index in [4.69, 9.17) is 28.4 Å². The van der Waals surface area contributed by atoms with Crippen molar-refractivity contribution in [1.82, 2.24) is 9.55 Å². The summed E-state index contributed by atoms with van der Waals surface area (Å²) in [6.07, 6.45) is -2.69. The maximum absolute atomic E-state index is 13.3. The number of hydrogen-bond donors (Lipinski definition) is 2. The molecule has 288 valence electrons. The Hall–Kier alpha value is -5.53. The molecule has 2 N–H and O–H groups in total. The monoisotopic (exact) mass is 749 g/mol. The molecule has 4 atom stereocenters. The van der Waals surface area contributed by atoms with Gasteiger partial charge in [0.25, 0.3) is 5.91 Å². The lowest BCUT2D eigenvalue weighted by atomic mass is 9.80. The third kappa shape index (κ3) is 8.58. The number of anilines is 1. The fourth-order valence-electron chi connectivity index (χ4n) is 6.71. The van der Waals surface area contributed by atoms with Crippen LogP contribution in [0.2, 0.25) is 0 Å². The van der Waals surface area contributed by atoms with Crippen molar-refractivity contribution >= 4 is 11.7 Å². The van der Waals surface area contributed by atoms with Crippen LogP contribution in [0.3, 0.4) is 0 Å². The van der Waals surface area contributed by atoms with Gasteiger partial charge in [-0.25, -0.2) is 4.79 Å². The van der Waals surface area contributed by atoms with Crippen LogP contribution in [-0.4, -0.2) is 73.4 Å². The summed E-state index contributed by atoms with van der Waals surface area (Å²) in [5.41, 5.74) is 1.71. The molecule has 0 radical (unpaired) electrons. The topological polar surface area (TPSA) is 140 Å². The molecule has 5 aromatic rings. The number of ether oxygens (including phenoxy) is 6. The molecule has 12 nitrogen and oxygen atoms in total. The standard InChI is InChI=1S/C43H47N3O9/c1-42(2,3)28-12-22-34(23-13-28)53-27-37(47)44-36-24-25-46(41(49)45-36)40-38(48)39(52-6)35(55-40)26-54-43(29-10-8-7-9-11-29,30-14-18-32(50-4)19-15-30)31-16-20-33(51-5)21-17-31/h7-25,35,38-40,48H,26-27H2,1-6H3,(H,44,45,47,49)/t35-,38-,39-,40-/m1/s1. The fourth-order valence-corrected chi connectivity index (χ4v) is 6.71. The van der Waals surface area contributed by atoms with Gasteiger partial charge in [-0.15, -0.1) is 0 Å². The van der Waals surface area contributed by atoms with E-state index in [1.807, 2.05) is 103 Å². The third-order valence-electron chi connectivity index (χ3n) is 9.68. The average Bonchev–Trinajstić information content (AvgIpc) is 3.52. The fraction of sp³-hybridized carbons (Fsp3) is 0.326. The van der Waals surface area contributed by atoms with Crippen molar-refractivity contribution < 1.29 is 38.3 Å². The van der Waals surface area contributed by atoms with E-state index in [1.54, 1.807) is 14.2 Å². The number of aliphatic hydroxyl groups is 1. The summed E-state index contributed by atoms with van der Waals surface area (Å²) >= 11 is 0. The van der Waals surface area contributed by atoms with Gasteiger partial charge in [-0.1, -0.05) is 87.5 Å². The van der Waals surface area contributed by atoms with E-state index >= 15 is 0 Å². The van der Waals surface area contributed by atoms with E-state index in [-0.39, 0.29) is 24.4 Å². The van der Waals surface area contributed by atoms with E-state index in [9.17, 15) is 14.7 Å². The smallest absolute Gasteiger partial charge is 0.351 e. The Labute approximate surface area is 320 Å². The van der Waals surface area contributed by atoms with Crippen LogP contribution in [0.1, 0.15) is 49.3 Å². The minimum absolute atomic E-state index is 0.00942. The number of nitrogens with zero attached hydrogens (tertiary/aromatic N) is 2. The molecule has 1 aliphatic rings. The molecule has 0 unspecified atom stereocenters. The summed E-state index contributed by atoms with van der Waals surface area (Å²) in [4.78, 5) is 30.0. The zero-order chi connectivity index (χ0) is 39.2. The lowest BCUT2D eigenvalue weighted by molar-refractivity contribution is -0.118. The van der Waals surface area contributed by atoms with E-state index in [0.717, 1.165) is 26.8 Å². The van der Waals surface area contributed by atoms with E-state index < -0.39 is 41.7 Å². The lowest BCUT2D eigenvalue weighted by Crippen LogP contribution is -2.40. The second kappa shape index (κ2) is 16.9. The number of aliphatic hydroxyl groups excluding tert-OH is 1. The van der Waals surface area contributed by atoms with Crippen LogP contribution in [0, 0.1) is 0 Å². The summed E-state index contributed by atoms with van der Waals surface area (Å²) in [7, 11) is 4.68. The van der Waals surface area contributed by atoms with Crippen LogP contribution >= 0.6 is 0 Å². The van der Waals surface area contributed by atoms with Gasteiger partial charge in [0.05, 0.1) is 20.8 Å². The van der Waals surface area contributed by atoms with Crippen LogP contribution in [-0.2, 0) is 30.0 Å². The SMILES string of the molecule is COc1ccc(C(OC[C@H]2O[C@@H](n3ccc(NC(=O)COc4ccc(C(C)(C)C)cc4)nc3=O)[C@H](O)[C@@H]2OC)(c2ccccc2)c2ccc(OC)cc2)cc1. The van der Waals surface area contributed by atoms with Gasteiger partial charge < -0.3 is 38.8 Å². The zero-order valence-electron chi connectivity index (χ0n) is 31.8. The molecular formula is C43H47N3O9. The first-order valence-electron chi connectivity index (χ1n) is 17.9. The maximum Gasteiger partial charge on any atom is 0.351 e. The predicted octanol–water partition coefficient (Wildman–Crippen LogP) is 5.86. The summed E-state index contributed by atoms with van der Waals surface area (Å²) in [6, 6.07) is 34.0. The summed E-state index contributed by atoms with van der Waals surface area (Å²) < 4.78 is 36.8. The number of amides is 1. The molecule has 6 rings (SSSR count). The van der Waals surface area contributed by atoms with Crippen molar-refractivity contribution in [2.45, 2.75) is 56.3 Å². The van der Waals surface area contributed by atoms with Gasteiger partial charge in [0.2, 0.25) is 0 Å². The van der Waals surface area contributed by atoms with Crippen molar-refractivity contribution in [1.29, 1.82) is 0 Å². The van der Waals surface area contributed by atoms with Gasteiger partial charge in [0.15, 0.2) is 12.8 Å². The van der Waals surface area contributed by atoms with Crippen LogP contribution in [0.4, 0.5) is 5.82 Å². The van der Waals surface area contributed by atoms with Crippen LogP contribution in [0.25, 0.3) is 0 Å². The van der Waals surface area contributed by atoms with Crippen molar-refractivity contribution in [3.63, 3.8) is 0 Å². The van der Waals surface area contributed by atoms with Crippen LogP contribution in [0.15, 0.2) is 120 Å². The number of hydrogen-bond acceptors (Lipinski definition) is 10. The predicted molar refractivity (Wildman–Crippen MR) is 207 cm³/mol. The average molecular weight is 750 g/mol. The number of methoxy groups -OCH3 is 3. The van der Waals surface area contributed by atoms with Crippen molar-refractivity contribution in [3.8, 4) is 17.2 Å². The second-order valence-electron chi connectivity index (χ2n) is 14.2. The molecule has 1 aromatic heterocycles. The summed E-state index contributed by atoms with van der Waals surface area (Å²) in [6.45, 7) is 6.02. The largest absolute Gasteiger partial charge is 0.497 e. The highest BCUT2D eigenvalue weighted by atomic mass is 16.6. The lowest BCUT2D eigenvalue weighted by Gasteiger charge is -2.37. The Kier molecular flexibility index (Phi) is 12.0. The molecule has 55 heavy (non-hydrogen) atoms. The Balaban J connectivity index is 1.21. The van der Waals surface area contributed by atoms with Gasteiger partial charge in [-0.3, -0.25) is 9.36 Å². The van der Waals surface area contributed by atoms with Gasteiger partial charge in [0, 0.05) is 13.3 Å². The minimum atomic E-state index is -1.26. The maximum atomic E-state index is 13.3. The van der Waals surface area contributed by atoms with E-state index in [2.05, 4.69) is 31.1 Å². The number of rotatable bonds is 14. The van der Waals surface area contributed by atoms with Crippen molar-refractivity contribution in [2.24, 2.45) is 0 Å². The van der Waals surface area contributed by atoms with E-state index in [1.165, 1.54) is 19.4 Å². The molecule has 1 amide bonds. The highest BCUT2D eigenvalue weighted by molar-refractivity contribution is 5.90. The summed E-state index contributed by atoms with van der Waals surface area (Å²) in [5.74, 6) is 1.45. The molecular weight excluding hydrogens is 702 g/mol. The molecule has 0 saturated carbocycles. The number of aromatic nitrogens is 2. The van der Waals surface area contributed by atoms with Gasteiger partial charge in [0.1, 0.15) is 47.0 Å². The normalized spacial score (nSPS) is 18.5. The Morgan fingerprint density at radius 1 is 0.782 bits per heavy atom. The van der Waals surface area contributed by atoms with Gasteiger partial charge >= 0.3 is 5.69 Å². The Morgan fingerprint density at radius 2 is 1.33 bits per heavy atom. The van der Waals surface area contributed by atoms with Crippen LogP contribution < -0.4 is 25.2 Å². The van der Waals surface area contributed by atoms with Crippen molar-refractivity contribution in [3.05, 3.63) is 148 Å². The first kappa shape index (κ1) is 39.2. The quantitative estimate of drug-likeness (QED) is 0.133. The first-order chi connectivity index (χ1) is 26.5. The molecule has 0 bridgehead atoms. The van der Waals surface area contributed by atoms with Crippen LogP contribution in [0.5, 0.6) is 17.2 Å². The van der Waals surface area contributed by atoms with Gasteiger partial charge in [-0.2, -0.15) is 4.98 Å². The first-order valence-corrected chi connectivity index (χ1v) is 17.9. The molecule has 0 aliphatic carbocycles. The summed E-state index contributed by atoms with van der Waals surface area (Å²) in [5, 5.41) is 14.0. The highest BCUT2D eigenvalue weighted by Crippen LogP contribution is 2.43. The van der Waals surface area contributed by atoms with Gasteiger partial charge in [-0.05, 0) is 70.1 Å². The Morgan fingerprint density at radius 3 is 1.85 bits per heavy atom. The molecule has 1 aliphatic heterocycles. The van der Waals surface area contributed by atoms with Crippen molar-refractivity contribution in [2.75, 3.05) is 39.9 Å². The minimum Gasteiger partial charge on any atom is -0.497 e. The highest BCUT2D eigenvalue weighted by Gasteiger charge is 2.47. The molecule has 2 heterocycles. The molecule has 1 fully saturated rings. The number of benzene rings is 4. The molecule has 12 heteroatoms. The number of carbonyl (C=O) groups excluding carboxylic acids is 1. The number of carbonyl (C=O) groups is 1. The Bertz CT molecular complexity index is 2030. The molecule has 4 aromatic carbocycles. The third-order valence-corrected chi connectivity index (χ3v) is 9.68.